The standard InChI is InChI=1S/C14H19NO3/c1-11(2)8-13(15-14(16)17)10-18-9-12-6-4-3-5-7-12/h3-7,13,15H,1,8-10H2,2H3,(H,16,17). The fourth-order valence-electron chi connectivity index (χ4n) is 1.64. The van der Waals surface area contributed by atoms with Gasteiger partial charge in [0.25, 0.3) is 0 Å². The summed E-state index contributed by atoms with van der Waals surface area (Å²) in [5, 5.41) is 11.1. The van der Waals surface area contributed by atoms with Gasteiger partial charge < -0.3 is 15.2 Å². The third-order valence-electron chi connectivity index (χ3n) is 2.35. The van der Waals surface area contributed by atoms with Crippen LogP contribution in [0.2, 0.25) is 0 Å². The minimum Gasteiger partial charge on any atom is -0.465 e. The molecule has 4 nitrogen and oxygen atoms in total. The van der Waals surface area contributed by atoms with Gasteiger partial charge in [0.15, 0.2) is 0 Å². The maximum Gasteiger partial charge on any atom is 0.404 e. The van der Waals surface area contributed by atoms with Gasteiger partial charge in [0, 0.05) is 0 Å². The lowest BCUT2D eigenvalue weighted by Gasteiger charge is -2.17. The third kappa shape index (κ3) is 6.06. The Bertz CT molecular complexity index is 373. The van der Waals surface area contributed by atoms with Crippen LogP contribution in [0, 0.1) is 0 Å². The number of rotatable bonds is 7. The molecule has 0 radical (unpaired) electrons. The molecule has 0 heterocycles. The first-order chi connectivity index (χ1) is 8.58. The largest absolute Gasteiger partial charge is 0.465 e. The molecule has 4 heteroatoms. The van der Waals surface area contributed by atoms with Crippen LogP contribution in [0.25, 0.3) is 0 Å². The molecule has 1 unspecified atom stereocenters. The normalized spacial score (nSPS) is 11.8. The van der Waals surface area contributed by atoms with Crippen LogP contribution < -0.4 is 5.32 Å². The van der Waals surface area contributed by atoms with E-state index in [0.717, 1.165) is 11.1 Å². The molecule has 1 aromatic rings. The van der Waals surface area contributed by atoms with E-state index in [0.29, 0.717) is 19.6 Å². The Labute approximate surface area is 107 Å². The van der Waals surface area contributed by atoms with Gasteiger partial charge in [-0.25, -0.2) is 4.79 Å². The lowest BCUT2D eigenvalue weighted by atomic mass is 10.1. The molecule has 0 fully saturated rings. The fourth-order valence-corrected chi connectivity index (χ4v) is 1.64. The lowest BCUT2D eigenvalue weighted by Crippen LogP contribution is -2.37. The molecule has 0 spiro atoms. The molecular formula is C14H19NO3. The van der Waals surface area contributed by atoms with Gasteiger partial charge in [-0.3, -0.25) is 0 Å². The molecule has 1 atom stereocenters. The number of carboxylic acid groups (broad SMARTS) is 1. The Balaban J connectivity index is 2.37. The topological polar surface area (TPSA) is 58.6 Å². The van der Waals surface area contributed by atoms with Crippen molar-refractivity contribution in [3.8, 4) is 0 Å². The smallest absolute Gasteiger partial charge is 0.404 e. The Morgan fingerprint density at radius 1 is 1.44 bits per heavy atom. The van der Waals surface area contributed by atoms with Gasteiger partial charge >= 0.3 is 6.09 Å². The second kappa shape index (κ2) is 7.50. The summed E-state index contributed by atoms with van der Waals surface area (Å²) in [4.78, 5) is 10.6. The number of ether oxygens (including phenoxy) is 1. The highest BCUT2D eigenvalue weighted by Gasteiger charge is 2.11. The Kier molecular flexibility index (Phi) is 5.94. The first-order valence-electron chi connectivity index (χ1n) is 5.83. The SMILES string of the molecule is C=C(C)CC(COCc1ccccc1)NC(=O)O. The van der Waals surface area contributed by atoms with Crippen molar-refractivity contribution in [3.05, 3.63) is 48.0 Å². The summed E-state index contributed by atoms with van der Waals surface area (Å²) in [6, 6.07) is 9.53. The summed E-state index contributed by atoms with van der Waals surface area (Å²) in [6.07, 6.45) is -0.453. The fraction of sp³-hybridized carbons (Fsp3) is 0.357. The van der Waals surface area contributed by atoms with Crippen LogP contribution in [0.15, 0.2) is 42.5 Å². The van der Waals surface area contributed by atoms with Crippen molar-refractivity contribution < 1.29 is 14.6 Å². The highest BCUT2D eigenvalue weighted by molar-refractivity contribution is 5.64. The van der Waals surface area contributed by atoms with E-state index in [1.165, 1.54) is 0 Å². The van der Waals surface area contributed by atoms with Crippen LogP contribution in [0.4, 0.5) is 4.79 Å². The predicted octanol–water partition coefficient (Wildman–Crippen LogP) is 2.81. The average molecular weight is 249 g/mol. The highest BCUT2D eigenvalue weighted by Crippen LogP contribution is 2.05. The van der Waals surface area contributed by atoms with Gasteiger partial charge in [-0.1, -0.05) is 35.9 Å². The second-order valence-corrected chi connectivity index (χ2v) is 4.31. The van der Waals surface area contributed by atoms with Gasteiger partial charge in [0.2, 0.25) is 0 Å². The highest BCUT2D eigenvalue weighted by atomic mass is 16.5. The molecule has 0 saturated heterocycles. The van der Waals surface area contributed by atoms with E-state index in [1.807, 2.05) is 37.3 Å². The van der Waals surface area contributed by atoms with E-state index in [2.05, 4.69) is 11.9 Å². The monoisotopic (exact) mass is 249 g/mol. The molecule has 1 amide bonds. The van der Waals surface area contributed by atoms with Crippen LogP contribution in [0.5, 0.6) is 0 Å². The first-order valence-corrected chi connectivity index (χ1v) is 5.83. The summed E-state index contributed by atoms with van der Waals surface area (Å²) in [7, 11) is 0. The van der Waals surface area contributed by atoms with Crippen LogP contribution >= 0.6 is 0 Å². The second-order valence-electron chi connectivity index (χ2n) is 4.31. The molecule has 98 valence electrons. The number of hydrogen-bond acceptors (Lipinski definition) is 2. The van der Waals surface area contributed by atoms with Crippen molar-refractivity contribution in [3.63, 3.8) is 0 Å². The minimum absolute atomic E-state index is 0.247. The Morgan fingerprint density at radius 2 is 2.11 bits per heavy atom. The maximum absolute atomic E-state index is 10.6. The van der Waals surface area contributed by atoms with Crippen molar-refractivity contribution in [2.24, 2.45) is 0 Å². The number of amides is 1. The van der Waals surface area contributed by atoms with E-state index in [4.69, 9.17) is 9.84 Å². The average Bonchev–Trinajstić information content (AvgIpc) is 2.28. The molecular weight excluding hydrogens is 230 g/mol. The van der Waals surface area contributed by atoms with E-state index in [-0.39, 0.29) is 6.04 Å². The predicted molar refractivity (Wildman–Crippen MR) is 70.5 cm³/mol. The zero-order chi connectivity index (χ0) is 13.4. The van der Waals surface area contributed by atoms with Gasteiger partial charge in [0.1, 0.15) is 0 Å². The van der Waals surface area contributed by atoms with Gasteiger partial charge in [-0.05, 0) is 18.9 Å². The van der Waals surface area contributed by atoms with Crippen molar-refractivity contribution in [2.75, 3.05) is 6.61 Å². The number of carbonyl (C=O) groups is 1. The van der Waals surface area contributed by atoms with E-state index in [9.17, 15) is 4.79 Å². The lowest BCUT2D eigenvalue weighted by molar-refractivity contribution is 0.0964. The molecule has 0 aliphatic heterocycles. The molecule has 0 bridgehead atoms. The number of nitrogens with one attached hydrogen (secondary N) is 1. The molecule has 18 heavy (non-hydrogen) atoms. The zero-order valence-corrected chi connectivity index (χ0v) is 10.6. The Morgan fingerprint density at radius 3 is 2.67 bits per heavy atom. The molecule has 0 saturated carbocycles. The molecule has 1 aromatic carbocycles. The van der Waals surface area contributed by atoms with Crippen LogP contribution in [-0.4, -0.2) is 23.8 Å². The summed E-state index contributed by atoms with van der Waals surface area (Å²) in [5.41, 5.74) is 2.00. The van der Waals surface area contributed by atoms with Crippen molar-refractivity contribution in [1.29, 1.82) is 0 Å². The summed E-state index contributed by atoms with van der Waals surface area (Å²) >= 11 is 0. The van der Waals surface area contributed by atoms with Crippen molar-refractivity contribution >= 4 is 6.09 Å². The van der Waals surface area contributed by atoms with Crippen LogP contribution in [-0.2, 0) is 11.3 Å². The molecule has 0 aliphatic rings. The molecule has 0 aromatic heterocycles. The maximum atomic E-state index is 10.6. The zero-order valence-electron chi connectivity index (χ0n) is 10.6. The molecule has 2 N–H and O–H groups in total. The number of hydrogen-bond donors (Lipinski definition) is 2. The van der Waals surface area contributed by atoms with E-state index >= 15 is 0 Å². The Hall–Kier alpha value is -1.81. The molecule has 1 rings (SSSR count). The number of benzene rings is 1. The third-order valence-corrected chi connectivity index (χ3v) is 2.35. The van der Waals surface area contributed by atoms with Crippen LogP contribution in [0.3, 0.4) is 0 Å². The summed E-state index contributed by atoms with van der Waals surface area (Å²) in [5.74, 6) is 0. The molecule has 0 aliphatic carbocycles. The van der Waals surface area contributed by atoms with Gasteiger partial charge in [-0.15, -0.1) is 6.58 Å². The van der Waals surface area contributed by atoms with E-state index in [1.54, 1.807) is 0 Å². The van der Waals surface area contributed by atoms with Gasteiger partial charge in [-0.2, -0.15) is 0 Å². The van der Waals surface area contributed by atoms with Gasteiger partial charge in [0.05, 0.1) is 19.3 Å². The first kappa shape index (κ1) is 14.3. The minimum atomic E-state index is -1.04. The van der Waals surface area contributed by atoms with E-state index < -0.39 is 6.09 Å². The van der Waals surface area contributed by atoms with Crippen molar-refractivity contribution in [1.82, 2.24) is 5.32 Å². The summed E-state index contributed by atoms with van der Waals surface area (Å²) < 4.78 is 5.52. The summed E-state index contributed by atoms with van der Waals surface area (Å²) in [6.45, 7) is 6.47. The quantitative estimate of drug-likeness (QED) is 0.730. The van der Waals surface area contributed by atoms with Crippen molar-refractivity contribution in [2.45, 2.75) is 26.0 Å². The van der Waals surface area contributed by atoms with Crippen LogP contribution in [0.1, 0.15) is 18.9 Å².